The molecule has 0 aromatic heterocycles. The van der Waals surface area contributed by atoms with Gasteiger partial charge in [0.1, 0.15) is 5.69 Å². The van der Waals surface area contributed by atoms with Crippen LogP contribution in [0.4, 0.5) is 17.1 Å². The molecule has 0 aliphatic heterocycles. The van der Waals surface area contributed by atoms with Gasteiger partial charge in [-0.25, -0.2) is 4.79 Å². The Morgan fingerprint density at radius 1 is 0.920 bits per heavy atom. The summed E-state index contributed by atoms with van der Waals surface area (Å²) < 4.78 is 0. The smallest absolute Gasteiger partial charge is 0.338 e. The molecule has 3 rings (SSSR count). The van der Waals surface area contributed by atoms with Gasteiger partial charge in [-0.2, -0.15) is 0 Å². The first kappa shape index (κ1) is 16.2. The van der Waals surface area contributed by atoms with Crippen molar-refractivity contribution >= 4 is 23.0 Å². The maximum absolute atomic E-state index is 11.7. The van der Waals surface area contributed by atoms with Crippen LogP contribution in [0.2, 0.25) is 0 Å². The number of nitrogens with one attached hydrogen (secondary N) is 1. The number of hydrogen-bond donors (Lipinski definition) is 2. The minimum absolute atomic E-state index is 0.0385. The summed E-state index contributed by atoms with van der Waals surface area (Å²) in [6.07, 6.45) is 0. The van der Waals surface area contributed by atoms with E-state index in [9.17, 15) is 20.0 Å². The molecule has 25 heavy (non-hydrogen) atoms. The van der Waals surface area contributed by atoms with Crippen molar-refractivity contribution in [2.45, 2.75) is 0 Å². The van der Waals surface area contributed by atoms with Crippen LogP contribution in [0.1, 0.15) is 10.4 Å². The van der Waals surface area contributed by atoms with Gasteiger partial charge < -0.3 is 10.4 Å². The number of para-hydroxylation sites is 1. The van der Waals surface area contributed by atoms with E-state index in [2.05, 4.69) is 5.32 Å². The predicted octanol–water partition coefficient (Wildman–Crippen LogP) is 4.70. The number of benzene rings is 3. The molecule has 6 nitrogen and oxygen atoms in total. The first-order valence-corrected chi connectivity index (χ1v) is 7.49. The summed E-state index contributed by atoms with van der Waals surface area (Å²) in [7, 11) is 0. The molecular formula is C19H14N2O4. The van der Waals surface area contributed by atoms with Crippen molar-refractivity contribution < 1.29 is 14.8 Å². The molecule has 0 aliphatic carbocycles. The Bertz CT molecular complexity index is 890. The van der Waals surface area contributed by atoms with Gasteiger partial charge in [-0.05, 0) is 29.3 Å². The van der Waals surface area contributed by atoms with Gasteiger partial charge in [0.2, 0.25) is 0 Å². The molecule has 3 aromatic carbocycles. The summed E-state index contributed by atoms with van der Waals surface area (Å²) in [5, 5.41) is 24.0. The quantitative estimate of drug-likeness (QED) is 0.521. The van der Waals surface area contributed by atoms with Gasteiger partial charge >= 0.3 is 5.97 Å². The van der Waals surface area contributed by atoms with E-state index in [4.69, 9.17) is 0 Å². The molecule has 3 aromatic rings. The van der Waals surface area contributed by atoms with Gasteiger partial charge in [-0.1, -0.05) is 48.5 Å². The number of carbonyl (C=O) groups is 1. The topological polar surface area (TPSA) is 92.5 Å². The minimum atomic E-state index is -1.24. The van der Waals surface area contributed by atoms with Crippen LogP contribution in [0.3, 0.4) is 0 Å². The van der Waals surface area contributed by atoms with Crippen molar-refractivity contribution in [2.24, 2.45) is 0 Å². The highest BCUT2D eigenvalue weighted by molar-refractivity contribution is 6.00. The summed E-state index contributed by atoms with van der Waals surface area (Å²) >= 11 is 0. The molecule has 0 atom stereocenters. The average Bonchev–Trinajstić information content (AvgIpc) is 2.63. The van der Waals surface area contributed by atoms with E-state index in [1.165, 1.54) is 12.1 Å². The average molecular weight is 334 g/mol. The van der Waals surface area contributed by atoms with E-state index in [1.807, 2.05) is 6.07 Å². The molecule has 0 spiro atoms. The molecule has 0 saturated carbocycles. The van der Waals surface area contributed by atoms with Crippen molar-refractivity contribution in [2.75, 3.05) is 5.32 Å². The van der Waals surface area contributed by atoms with Crippen molar-refractivity contribution in [3.05, 3.63) is 88.5 Å². The second kappa shape index (κ2) is 6.84. The largest absolute Gasteiger partial charge is 0.478 e. The number of nitro benzene ring substituents is 1. The van der Waals surface area contributed by atoms with Gasteiger partial charge in [0.25, 0.3) is 5.69 Å². The van der Waals surface area contributed by atoms with E-state index in [1.54, 1.807) is 54.6 Å². The van der Waals surface area contributed by atoms with Crippen molar-refractivity contribution in [3.8, 4) is 11.1 Å². The lowest BCUT2D eigenvalue weighted by atomic mass is 10.00. The van der Waals surface area contributed by atoms with Gasteiger partial charge in [0.15, 0.2) is 0 Å². The fraction of sp³-hybridized carbons (Fsp3) is 0. The molecule has 2 N–H and O–H groups in total. The summed E-state index contributed by atoms with van der Waals surface area (Å²) in [4.78, 5) is 22.7. The van der Waals surface area contributed by atoms with Crippen LogP contribution in [0, 0.1) is 10.1 Å². The van der Waals surface area contributed by atoms with Crippen molar-refractivity contribution in [1.82, 2.24) is 0 Å². The third-order valence-corrected chi connectivity index (χ3v) is 3.69. The summed E-state index contributed by atoms with van der Waals surface area (Å²) in [5.74, 6) is -1.24. The fourth-order valence-corrected chi connectivity index (χ4v) is 2.53. The zero-order chi connectivity index (χ0) is 17.8. The lowest BCUT2D eigenvalue weighted by molar-refractivity contribution is -0.383. The minimum Gasteiger partial charge on any atom is -0.478 e. The lowest BCUT2D eigenvalue weighted by Gasteiger charge is -2.12. The second-order valence-electron chi connectivity index (χ2n) is 5.34. The second-order valence-corrected chi connectivity index (χ2v) is 5.34. The van der Waals surface area contributed by atoms with Crippen LogP contribution >= 0.6 is 0 Å². The van der Waals surface area contributed by atoms with Gasteiger partial charge in [0, 0.05) is 11.8 Å². The molecule has 0 unspecified atom stereocenters. The number of carboxylic acid groups (broad SMARTS) is 1. The summed E-state index contributed by atoms with van der Waals surface area (Å²) in [6.45, 7) is 0. The van der Waals surface area contributed by atoms with Gasteiger partial charge in [-0.3, -0.25) is 10.1 Å². The highest BCUT2D eigenvalue weighted by Gasteiger charge is 2.24. The van der Waals surface area contributed by atoms with E-state index in [0.29, 0.717) is 16.8 Å². The van der Waals surface area contributed by atoms with Crippen LogP contribution in [-0.4, -0.2) is 16.0 Å². The lowest BCUT2D eigenvalue weighted by Crippen LogP contribution is -2.06. The van der Waals surface area contributed by atoms with Gasteiger partial charge in [0.05, 0.1) is 10.5 Å². The highest BCUT2D eigenvalue weighted by Crippen LogP contribution is 2.36. The molecule has 0 aliphatic rings. The van der Waals surface area contributed by atoms with E-state index in [-0.39, 0.29) is 16.9 Å². The predicted molar refractivity (Wildman–Crippen MR) is 95.2 cm³/mol. The molecule has 6 heteroatoms. The normalized spacial score (nSPS) is 10.2. The number of nitro groups is 1. The van der Waals surface area contributed by atoms with Gasteiger partial charge in [-0.15, -0.1) is 0 Å². The zero-order valence-corrected chi connectivity index (χ0v) is 13.0. The molecule has 124 valence electrons. The van der Waals surface area contributed by atoms with Crippen LogP contribution in [-0.2, 0) is 0 Å². The molecule has 0 fully saturated rings. The Morgan fingerprint density at radius 3 is 2.08 bits per heavy atom. The molecule has 0 radical (unpaired) electrons. The Labute approximate surface area is 143 Å². The SMILES string of the molecule is O=C(O)c1cc(-c2ccccc2)cc([N+](=O)[O-])c1Nc1ccccc1. The molecular weight excluding hydrogens is 320 g/mol. The highest BCUT2D eigenvalue weighted by atomic mass is 16.6. The number of hydrogen-bond acceptors (Lipinski definition) is 4. The Kier molecular flexibility index (Phi) is 4.43. The fourth-order valence-electron chi connectivity index (χ4n) is 2.53. The molecule has 0 heterocycles. The number of aromatic carboxylic acids is 1. The Morgan fingerprint density at radius 2 is 1.52 bits per heavy atom. The van der Waals surface area contributed by atoms with E-state index in [0.717, 1.165) is 0 Å². The standard InChI is InChI=1S/C19H14N2O4/c22-19(23)16-11-14(13-7-3-1-4-8-13)12-17(21(24)25)18(16)20-15-9-5-2-6-10-15/h1-12,20H,(H,22,23). The third kappa shape index (κ3) is 3.48. The van der Waals surface area contributed by atoms with E-state index < -0.39 is 10.9 Å². The zero-order valence-electron chi connectivity index (χ0n) is 13.0. The maximum atomic E-state index is 11.7. The van der Waals surface area contributed by atoms with E-state index >= 15 is 0 Å². The van der Waals surface area contributed by atoms with Crippen molar-refractivity contribution in [3.63, 3.8) is 0 Å². The molecule has 0 saturated heterocycles. The number of nitrogens with zero attached hydrogens (tertiary/aromatic N) is 1. The summed E-state index contributed by atoms with van der Waals surface area (Å²) in [6, 6.07) is 20.5. The van der Waals surface area contributed by atoms with Crippen LogP contribution in [0.5, 0.6) is 0 Å². The van der Waals surface area contributed by atoms with Crippen LogP contribution in [0.25, 0.3) is 11.1 Å². The Balaban J connectivity index is 2.19. The number of anilines is 2. The van der Waals surface area contributed by atoms with Crippen molar-refractivity contribution in [1.29, 1.82) is 0 Å². The number of rotatable bonds is 5. The monoisotopic (exact) mass is 334 g/mol. The van der Waals surface area contributed by atoms with Crippen LogP contribution < -0.4 is 5.32 Å². The number of carboxylic acids is 1. The molecule has 0 bridgehead atoms. The Hall–Kier alpha value is -3.67. The first-order chi connectivity index (χ1) is 12.1. The third-order valence-electron chi connectivity index (χ3n) is 3.69. The maximum Gasteiger partial charge on any atom is 0.338 e. The molecule has 0 amide bonds. The van der Waals surface area contributed by atoms with Crippen LogP contribution in [0.15, 0.2) is 72.8 Å². The summed E-state index contributed by atoms with van der Waals surface area (Å²) in [5.41, 5.74) is 1.27. The first-order valence-electron chi connectivity index (χ1n) is 7.49.